The maximum absolute atomic E-state index is 11.8. The summed E-state index contributed by atoms with van der Waals surface area (Å²) in [6, 6.07) is 8.02. The molecule has 0 atom stereocenters. The average Bonchev–Trinajstić information content (AvgIpc) is 2.86. The number of amides is 1. The maximum atomic E-state index is 11.8. The van der Waals surface area contributed by atoms with Crippen molar-refractivity contribution in [2.45, 2.75) is 13.3 Å². The van der Waals surface area contributed by atoms with Crippen LogP contribution in [0.2, 0.25) is 0 Å². The van der Waals surface area contributed by atoms with Crippen LogP contribution in [-0.4, -0.2) is 29.4 Å². The molecule has 0 radical (unpaired) electrons. The number of carbonyl (C=O) groups is 1. The van der Waals surface area contributed by atoms with Gasteiger partial charge in [0.2, 0.25) is 5.91 Å². The van der Waals surface area contributed by atoms with Crippen LogP contribution in [0.15, 0.2) is 34.1 Å². The summed E-state index contributed by atoms with van der Waals surface area (Å²) in [7, 11) is 1.81. The van der Waals surface area contributed by atoms with E-state index >= 15 is 0 Å². The molecule has 2 aromatic rings. The fourth-order valence-corrected chi connectivity index (χ4v) is 2.82. The minimum absolute atomic E-state index is 0.105. The lowest BCUT2D eigenvalue weighted by molar-refractivity contribution is -0.129. The van der Waals surface area contributed by atoms with Gasteiger partial charge in [-0.15, -0.1) is 11.3 Å². The first-order chi connectivity index (χ1) is 9.10. The van der Waals surface area contributed by atoms with Gasteiger partial charge < -0.3 is 4.90 Å². The van der Waals surface area contributed by atoms with E-state index in [0.29, 0.717) is 6.42 Å². The number of halogens is 1. The summed E-state index contributed by atoms with van der Waals surface area (Å²) in [5.74, 6) is 0.105. The van der Waals surface area contributed by atoms with Gasteiger partial charge in [-0.05, 0) is 19.1 Å². The summed E-state index contributed by atoms with van der Waals surface area (Å²) < 4.78 is 1.03. The van der Waals surface area contributed by atoms with Crippen molar-refractivity contribution in [2.24, 2.45) is 0 Å². The molecule has 1 aromatic heterocycles. The molecule has 0 saturated carbocycles. The topological polar surface area (TPSA) is 33.2 Å². The van der Waals surface area contributed by atoms with Crippen molar-refractivity contribution < 1.29 is 4.79 Å². The molecule has 0 aliphatic heterocycles. The van der Waals surface area contributed by atoms with Gasteiger partial charge >= 0.3 is 0 Å². The van der Waals surface area contributed by atoms with Gasteiger partial charge in [-0.3, -0.25) is 4.79 Å². The SMILES string of the molecule is CCN(C)C(=O)Cc1csc(-c2cccc(Br)c2)n1. The molecule has 1 amide bonds. The van der Waals surface area contributed by atoms with Gasteiger partial charge in [-0.2, -0.15) is 0 Å². The Kier molecular flexibility index (Phi) is 4.71. The van der Waals surface area contributed by atoms with E-state index in [4.69, 9.17) is 0 Å². The van der Waals surface area contributed by atoms with E-state index in [1.165, 1.54) is 0 Å². The van der Waals surface area contributed by atoms with E-state index in [-0.39, 0.29) is 5.91 Å². The number of thiazole rings is 1. The Morgan fingerprint density at radius 2 is 2.26 bits per heavy atom. The summed E-state index contributed by atoms with van der Waals surface area (Å²) in [5, 5.41) is 2.90. The zero-order chi connectivity index (χ0) is 13.8. The molecule has 0 unspecified atom stereocenters. The normalized spacial score (nSPS) is 10.5. The molecule has 0 spiro atoms. The van der Waals surface area contributed by atoms with Crippen molar-refractivity contribution in [2.75, 3.05) is 13.6 Å². The Morgan fingerprint density at radius 1 is 1.47 bits per heavy atom. The smallest absolute Gasteiger partial charge is 0.228 e. The lowest BCUT2D eigenvalue weighted by Crippen LogP contribution is -2.27. The molecule has 3 nitrogen and oxygen atoms in total. The number of nitrogens with zero attached hydrogens (tertiary/aromatic N) is 2. The monoisotopic (exact) mass is 338 g/mol. The molecule has 0 aliphatic carbocycles. The molecule has 0 bridgehead atoms. The van der Waals surface area contributed by atoms with Crippen molar-refractivity contribution in [1.29, 1.82) is 0 Å². The highest BCUT2D eigenvalue weighted by Gasteiger charge is 2.11. The van der Waals surface area contributed by atoms with Crippen LogP contribution in [-0.2, 0) is 11.2 Å². The molecule has 0 N–H and O–H groups in total. The molecule has 2 rings (SSSR count). The maximum Gasteiger partial charge on any atom is 0.228 e. The Balaban J connectivity index is 2.13. The zero-order valence-electron chi connectivity index (χ0n) is 10.9. The Morgan fingerprint density at radius 3 is 2.95 bits per heavy atom. The summed E-state index contributed by atoms with van der Waals surface area (Å²) in [6.07, 6.45) is 0.370. The number of rotatable bonds is 4. The van der Waals surface area contributed by atoms with Crippen LogP contribution in [0.25, 0.3) is 10.6 Å². The van der Waals surface area contributed by atoms with Gasteiger partial charge in [0.25, 0.3) is 0 Å². The number of benzene rings is 1. The number of aromatic nitrogens is 1. The van der Waals surface area contributed by atoms with Crippen molar-refractivity contribution in [3.05, 3.63) is 39.8 Å². The van der Waals surface area contributed by atoms with Crippen molar-refractivity contribution in [1.82, 2.24) is 9.88 Å². The second-order valence-corrected chi connectivity index (χ2v) is 6.01. The van der Waals surface area contributed by atoms with Crippen LogP contribution in [0.1, 0.15) is 12.6 Å². The second-order valence-electron chi connectivity index (χ2n) is 4.24. The predicted octanol–water partition coefficient (Wildman–Crippen LogP) is 3.59. The van der Waals surface area contributed by atoms with Gasteiger partial charge in [0, 0.05) is 29.0 Å². The third-order valence-electron chi connectivity index (χ3n) is 2.86. The second kappa shape index (κ2) is 6.30. The minimum Gasteiger partial charge on any atom is -0.346 e. The fourth-order valence-electron chi connectivity index (χ4n) is 1.61. The van der Waals surface area contributed by atoms with E-state index in [1.807, 2.05) is 43.6 Å². The first-order valence-corrected chi connectivity index (χ1v) is 7.71. The Hall–Kier alpha value is -1.20. The Bertz CT molecular complexity index is 582. The fraction of sp³-hybridized carbons (Fsp3) is 0.286. The first kappa shape index (κ1) is 14.2. The first-order valence-electron chi connectivity index (χ1n) is 6.04. The third-order valence-corrected chi connectivity index (χ3v) is 4.29. The van der Waals surface area contributed by atoms with Crippen LogP contribution < -0.4 is 0 Å². The molecule has 0 aliphatic rings. The molecule has 5 heteroatoms. The zero-order valence-corrected chi connectivity index (χ0v) is 13.3. The largest absolute Gasteiger partial charge is 0.346 e. The van der Waals surface area contributed by atoms with Crippen LogP contribution in [0.3, 0.4) is 0 Å². The molecule has 0 saturated heterocycles. The van der Waals surface area contributed by atoms with E-state index in [2.05, 4.69) is 20.9 Å². The van der Waals surface area contributed by atoms with Gasteiger partial charge in [0.15, 0.2) is 0 Å². The average molecular weight is 339 g/mol. The van der Waals surface area contributed by atoms with E-state index in [1.54, 1.807) is 16.2 Å². The van der Waals surface area contributed by atoms with Gasteiger partial charge in [0.1, 0.15) is 5.01 Å². The van der Waals surface area contributed by atoms with Crippen LogP contribution in [0.5, 0.6) is 0 Å². The summed E-state index contributed by atoms with van der Waals surface area (Å²) >= 11 is 5.02. The van der Waals surface area contributed by atoms with E-state index < -0.39 is 0 Å². The van der Waals surface area contributed by atoms with Gasteiger partial charge in [0.05, 0.1) is 12.1 Å². The Labute approximate surface area is 125 Å². The molecule has 1 heterocycles. The lowest BCUT2D eigenvalue weighted by Gasteiger charge is -2.12. The number of carbonyl (C=O) groups excluding carboxylic acids is 1. The highest BCUT2D eigenvalue weighted by molar-refractivity contribution is 9.10. The molecule has 19 heavy (non-hydrogen) atoms. The minimum atomic E-state index is 0.105. The number of likely N-dealkylation sites (N-methyl/N-ethyl adjacent to an activating group) is 1. The molecular weight excluding hydrogens is 324 g/mol. The standard InChI is InChI=1S/C14H15BrN2OS/c1-3-17(2)13(18)8-12-9-19-14(16-12)10-5-4-6-11(15)7-10/h4-7,9H,3,8H2,1-2H3. The molecular formula is C14H15BrN2OS. The van der Waals surface area contributed by atoms with Gasteiger partial charge in [-0.1, -0.05) is 28.1 Å². The lowest BCUT2D eigenvalue weighted by atomic mass is 10.2. The van der Waals surface area contributed by atoms with E-state index in [0.717, 1.165) is 27.3 Å². The van der Waals surface area contributed by atoms with E-state index in [9.17, 15) is 4.79 Å². The van der Waals surface area contributed by atoms with Crippen molar-refractivity contribution >= 4 is 33.2 Å². The molecule has 0 fully saturated rings. The van der Waals surface area contributed by atoms with Crippen molar-refractivity contribution in [3.8, 4) is 10.6 Å². The van der Waals surface area contributed by atoms with Gasteiger partial charge in [-0.25, -0.2) is 4.98 Å². The quantitative estimate of drug-likeness (QED) is 0.853. The summed E-state index contributed by atoms with van der Waals surface area (Å²) in [4.78, 5) is 18.1. The molecule has 1 aromatic carbocycles. The summed E-state index contributed by atoms with van der Waals surface area (Å²) in [5.41, 5.74) is 1.91. The third kappa shape index (κ3) is 3.64. The number of hydrogen-bond donors (Lipinski definition) is 0. The summed E-state index contributed by atoms with van der Waals surface area (Å²) in [6.45, 7) is 2.69. The van der Waals surface area contributed by atoms with Crippen LogP contribution >= 0.6 is 27.3 Å². The number of hydrogen-bond acceptors (Lipinski definition) is 3. The highest BCUT2D eigenvalue weighted by atomic mass is 79.9. The highest BCUT2D eigenvalue weighted by Crippen LogP contribution is 2.26. The molecule has 100 valence electrons. The van der Waals surface area contributed by atoms with Crippen molar-refractivity contribution in [3.63, 3.8) is 0 Å². The van der Waals surface area contributed by atoms with Crippen LogP contribution in [0.4, 0.5) is 0 Å². The predicted molar refractivity (Wildman–Crippen MR) is 82.3 cm³/mol. The van der Waals surface area contributed by atoms with Crippen LogP contribution in [0, 0.1) is 0 Å².